The number of pyridine rings is 1. The molecule has 0 saturated heterocycles. The fourth-order valence-corrected chi connectivity index (χ4v) is 1.90. The van der Waals surface area contributed by atoms with Crippen molar-refractivity contribution in [3.63, 3.8) is 0 Å². The van der Waals surface area contributed by atoms with Crippen LogP contribution in [0.15, 0.2) is 18.5 Å². The Morgan fingerprint density at radius 1 is 1.57 bits per heavy atom. The van der Waals surface area contributed by atoms with E-state index in [-0.39, 0.29) is 0 Å². The zero-order valence-corrected chi connectivity index (χ0v) is 10.1. The average Bonchev–Trinajstić information content (AvgIpc) is 2.25. The Morgan fingerprint density at radius 3 is 3.00 bits per heavy atom. The minimum absolute atomic E-state index is 0.543. The van der Waals surface area contributed by atoms with Gasteiger partial charge in [0.05, 0.1) is 11.9 Å². The summed E-state index contributed by atoms with van der Waals surface area (Å²) in [6, 6.07) is 1.97. The summed E-state index contributed by atoms with van der Waals surface area (Å²) in [6.07, 6.45) is 5.77. The van der Waals surface area contributed by atoms with Crippen LogP contribution >= 0.6 is 23.4 Å². The molecule has 1 aromatic heterocycles. The highest BCUT2D eigenvalue weighted by Gasteiger charge is 2.05. The molecule has 0 unspecified atom stereocenters. The van der Waals surface area contributed by atoms with E-state index in [1.54, 1.807) is 6.20 Å². The number of thioether (sulfide) groups is 1. The van der Waals surface area contributed by atoms with Crippen LogP contribution in [0.25, 0.3) is 0 Å². The summed E-state index contributed by atoms with van der Waals surface area (Å²) >= 11 is 7.69. The summed E-state index contributed by atoms with van der Waals surface area (Å²) in [5.74, 6) is 1.66. The van der Waals surface area contributed by atoms with Crippen LogP contribution < -0.4 is 4.90 Å². The monoisotopic (exact) mass is 230 g/mol. The highest BCUT2D eigenvalue weighted by atomic mass is 35.5. The van der Waals surface area contributed by atoms with Crippen molar-refractivity contribution >= 4 is 29.1 Å². The lowest BCUT2D eigenvalue weighted by Crippen LogP contribution is -2.21. The second-order valence-electron chi connectivity index (χ2n) is 3.05. The van der Waals surface area contributed by atoms with E-state index in [9.17, 15) is 0 Å². The molecule has 0 amide bonds. The number of alkyl halides is 1. The molecule has 78 valence electrons. The first-order chi connectivity index (χ1) is 6.79. The molecule has 0 saturated carbocycles. The van der Waals surface area contributed by atoms with E-state index in [4.69, 9.17) is 11.6 Å². The van der Waals surface area contributed by atoms with Crippen LogP contribution in [0.3, 0.4) is 0 Å². The van der Waals surface area contributed by atoms with Crippen molar-refractivity contribution in [2.75, 3.05) is 30.5 Å². The lowest BCUT2D eigenvalue weighted by molar-refractivity contribution is 0.960. The van der Waals surface area contributed by atoms with Gasteiger partial charge in [-0.15, -0.1) is 11.6 Å². The predicted molar refractivity (Wildman–Crippen MR) is 65.4 cm³/mol. The lowest BCUT2D eigenvalue weighted by Gasteiger charge is -2.20. The number of nitrogens with zero attached hydrogens (tertiary/aromatic N) is 2. The quantitative estimate of drug-likeness (QED) is 0.724. The summed E-state index contributed by atoms with van der Waals surface area (Å²) in [5, 5.41) is 0. The largest absolute Gasteiger partial charge is 0.372 e. The second kappa shape index (κ2) is 6.14. The Bertz CT molecular complexity index is 281. The number of hydrogen-bond donors (Lipinski definition) is 0. The van der Waals surface area contributed by atoms with Gasteiger partial charge in [0.25, 0.3) is 0 Å². The molecule has 0 aliphatic rings. The highest BCUT2D eigenvalue weighted by Crippen LogP contribution is 2.19. The molecule has 0 fully saturated rings. The summed E-state index contributed by atoms with van der Waals surface area (Å²) < 4.78 is 0. The molecule has 4 heteroatoms. The maximum Gasteiger partial charge on any atom is 0.0595 e. The van der Waals surface area contributed by atoms with Crippen molar-refractivity contribution in [1.82, 2.24) is 4.98 Å². The number of rotatable bonds is 5. The SMILES string of the molecule is CSCCN(C)c1cnccc1CCl. The van der Waals surface area contributed by atoms with Gasteiger partial charge in [-0.25, -0.2) is 0 Å². The van der Waals surface area contributed by atoms with Crippen molar-refractivity contribution in [3.8, 4) is 0 Å². The van der Waals surface area contributed by atoms with Gasteiger partial charge in [0.15, 0.2) is 0 Å². The van der Waals surface area contributed by atoms with Crippen molar-refractivity contribution in [1.29, 1.82) is 0 Å². The van der Waals surface area contributed by atoms with Gasteiger partial charge in [0, 0.05) is 31.4 Å². The highest BCUT2D eigenvalue weighted by molar-refractivity contribution is 7.98. The van der Waals surface area contributed by atoms with E-state index in [0.717, 1.165) is 23.5 Å². The van der Waals surface area contributed by atoms with Crippen molar-refractivity contribution < 1.29 is 0 Å². The lowest BCUT2D eigenvalue weighted by atomic mass is 10.2. The van der Waals surface area contributed by atoms with Gasteiger partial charge in [-0.3, -0.25) is 4.98 Å². The zero-order valence-electron chi connectivity index (χ0n) is 8.53. The molecule has 0 radical (unpaired) electrons. The molecule has 1 aromatic rings. The van der Waals surface area contributed by atoms with Gasteiger partial charge in [0.2, 0.25) is 0 Å². The molecule has 0 atom stereocenters. The van der Waals surface area contributed by atoms with E-state index in [1.165, 1.54) is 0 Å². The Morgan fingerprint density at radius 2 is 2.36 bits per heavy atom. The Hall–Kier alpha value is -0.410. The van der Waals surface area contributed by atoms with Gasteiger partial charge < -0.3 is 4.90 Å². The summed E-state index contributed by atoms with van der Waals surface area (Å²) in [7, 11) is 2.07. The van der Waals surface area contributed by atoms with Gasteiger partial charge in [-0.2, -0.15) is 11.8 Å². The standard InChI is InChI=1S/C10H15ClN2S/c1-13(5-6-14-2)10-8-12-4-3-9(10)7-11/h3-4,8H,5-7H2,1-2H3. The summed E-state index contributed by atoms with van der Waals surface area (Å²) in [6.45, 7) is 1.02. The minimum atomic E-state index is 0.543. The summed E-state index contributed by atoms with van der Waals surface area (Å²) in [5.41, 5.74) is 2.28. The second-order valence-corrected chi connectivity index (χ2v) is 4.31. The van der Waals surface area contributed by atoms with E-state index in [1.807, 2.05) is 24.0 Å². The van der Waals surface area contributed by atoms with E-state index in [2.05, 4.69) is 23.2 Å². The zero-order chi connectivity index (χ0) is 10.4. The first kappa shape index (κ1) is 11.7. The molecule has 1 rings (SSSR count). The third-order valence-electron chi connectivity index (χ3n) is 2.07. The van der Waals surface area contributed by atoms with E-state index in [0.29, 0.717) is 5.88 Å². The molecule has 14 heavy (non-hydrogen) atoms. The Kier molecular flexibility index (Phi) is 5.12. The molecular formula is C10H15ClN2S. The fraction of sp³-hybridized carbons (Fsp3) is 0.500. The van der Waals surface area contributed by atoms with Gasteiger partial charge in [-0.1, -0.05) is 0 Å². The summed E-state index contributed by atoms with van der Waals surface area (Å²) in [4.78, 5) is 6.31. The maximum atomic E-state index is 5.85. The molecule has 0 aromatic carbocycles. The smallest absolute Gasteiger partial charge is 0.0595 e. The molecule has 0 bridgehead atoms. The minimum Gasteiger partial charge on any atom is -0.372 e. The van der Waals surface area contributed by atoms with Crippen LogP contribution in [0.1, 0.15) is 5.56 Å². The van der Waals surface area contributed by atoms with Crippen molar-refractivity contribution in [3.05, 3.63) is 24.0 Å². The number of aromatic nitrogens is 1. The predicted octanol–water partition coefficient (Wildman–Crippen LogP) is 2.62. The normalized spacial score (nSPS) is 10.2. The molecular weight excluding hydrogens is 216 g/mol. The Labute approximate surface area is 94.7 Å². The van der Waals surface area contributed by atoms with E-state index < -0.39 is 0 Å². The average molecular weight is 231 g/mol. The maximum absolute atomic E-state index is 5.85. The first-order valence-electron chi connectivity index (χ1n) is 4.48. The van der Waals surface area contributed by atoms with Gasteiger partial charge in [0.1, 0.15) is 0 Å². The molecule has 0 spiro atoms. The molecule has 0 N–H and O–H groups in total. The van der Waals surface area contributed by atoms with Crippen molar-refractivity contribution in [2.45, 2.75) is 5.88 Å². The van der Waals surface area contributed by atoms with Crippen LogP contribution in [0.2, 0.25) is 0 Å². The van der Waals surface area contributed by atoms with Crippen LogP contribution in [0.5, 0.6) is 0 Å². The first-order valence-corrected chi connectivity index (χ1v) is 6.41. The van der Waals surface area contributed by atoms with Crippen LogP contribution in [-0.4, -0.2) is 30.6 Å². The molecule has 0 aliphatic heterocycles. The van der Waals surface area contributed by atoms with Gasteiger partial charge >= 0.3 is 0 Å². The fourth-order valence-electron chi connectivity index (χ4n) is 1.22. The third-order valence-corrected chi connectivity index (χ3v) is 2.95. The Balaban J connectivity index is 2.72. The third kappa shape index (κ3) is 3.07. The van der Waals surface area contributed by atoms with Gasteiger partial charge in [-0.05, 0) is 17.9 Å². The number of anilines is 1. The van der Waals surface area contributed by atoms with Crippen molar-refractivity contribution in [2.24, 2.45) is 0 Å². The topological polar surface area (TPSA) is 16.1 Å². The number of hydrogen-bond acceptors (Lipinski definition) is 3. The molecule has 1 heterocycles. The molecule has 2 nitrogen and oxygen atoms in total. The number of halogens is 1. The molecule has 0 aliphatic carbocycles. The van der Waals surface area contributed by atoms with Crippen LogP contribution in [0.4, 0.5) is 5.69 Å². The van der Waals surface area contributed by atoms with E-state index >= 15 is 0 Å². The van der Waals surface area contributed by atoms with Crippen LogP contribution in [-0.2, 0) is 5.88 Å². The van der Waals surface area contributed by atoms with Crippen LogP contribution in [0, 0.1) is 0 Å².